The number of nitrogens with zero attached hydrogens (tertiary/aromatic N) is 3. The molecule has 0 radical (unpaired) electrons. The van der Waals surface area contributed by atoms with Gasteiger partial charge in [0.15, 0.2) is 0 Å². The predicted octanol–water partition coefficient (Wildman–Crippen LogP) is 2.99. The zero-order valence-electron chi connectivity index (χ0n) is 13.2. The minimum Gasteiger partial charge on any atom is -0.355 e. The standard InChI is InChI=1S/C16H28N4/c1-4-16(5-2)7-9-20(10-8-16)15-13-18-14(12-19-15)11-17-6-3/h12-13,17H,4-11H2,1-3H3. The summed E-state index contributed by atoms with van der Waals surface area (Å²) in [5.41, 5.74) is 1.58. The molecule has 0 amide bonds. The highest BCUT2D eigenvalue weighted by Gasteiger charge is 2.31. The first-order chi connectivity index (χ1) is 9.73. The average Bonchev–Trinajstić information content (AvgIpc) is 2.53. The Hall–Kier alpha value is -1.16. The van der Waals surface area contributed by atoms with Crippen LogP contribution in [0.5, 0.6) is 0 Å². The highest BCUT2D eigenvalue weighted by atomic mass is 15.2. The molecular weight excluding hydrogens is 248 g/mol. The van der Waals surface area contributed by atoms with Gasteiger partial charge in [-0.3, -0.25) is 4.98 Å². The van der Waals surface area contributed by atoms with Crippen molar-refractivity contribution in [3.05, 3.63) is 18.1 Å². The average molecular weight is 276 g/mol. The number of hydrogen-bond donors (Lipinski definition) is 1. The van der Waals surface area contributed by atoms with Gasteiger partial charge in [-0.25, -0.2) is 4.98 Å². The molecule has 1 aliphatic rings. The lowest BCUT2D eigenvalue weighted by atomic mass is 9.74. The Morgan fingerprint density at radius 2 is 1.80 bits per heavy atom. The molecule has 20 heavy (non-hydrogen) atoms. The van der Waals surface area contributed by atoms with Crippen LogP contribution in [0.3, 0.4) is 0 Å². The van der Waals surface area contributed by atoms with E-state index in [1.54, 1.807) is 0 Å². The van der Waals surface area contributed by atoms with Crippen molar-refractivity contribution >= 4 is 5.82 Å². The second kappa shape index (κ2) is 7.02. The molecule has 1 fully saturated rings. The Labute approximate surface area is 123 Å². The van der Waals surface area contributed by atoms with Gasteiger partial charge in [0, 0.05) is 19.6 Å². The molecule has 0 aromatic carbocycles. The second-order valence-electron chi connectivity index (χ2n) is 5.84. The maximum Gasteiger partial charge on any atom is 0.147 e. The molecule has 4 nitrogen and oxygen atoms in total. The van der Waals surface area contributed by atoms with E-state index >= 15 is 0 Å². The smallest absolute Gasteiger partial charge is 0.147 e. The van der Waals surface area contributed by atoms with E-state index in [2.05, 4.69) is 41.0 Å². The molecule has 1 aliphatic heterocycles. The topological polar surface area (TPSA) is 41.1 Å². The maximum absolute atomic E-state index is 4.58. The minimum absolute atomic E-state index is 0.564. The van der Waals surface area contributed by atoms with Crippen LogP contribution < -0.4 is 10.2 Å². The normalized spacial score (nSPS) is 18.2. The van der Waals surface area contributed by atoms with Crippen LogP contribution in [0.15, 0.2) is 12.4 Å². The van der Waals surface area contributed by atoms with Gasteiger partial charge in [0.1, 0.15) is 5.82 Å². The second-order valence-corrected chi connectivity index (χ2v) is 5.84. The van der Waals surface area contributed by atoms with Gasteiger partial charge in [0.25, 0.3) is 0 Å². The summed E-state index contributed by atoms with van der Waals surface area (Å²) in [6.45, 7) is 10.8. The van der Waals surface area contributed by atoms with Crippen LogP contribution in [0.1, 0.15) is 52.1 Å². The van der Waals surface area contributed by atoms with E-state index in [9.17, 15) is 0 Å². The summed E-state index contributed by atoms with van der Waals surface area (Å²) >= 11 is 0. The summed E-state index contributed by atoms with van der Waals surface area (Å²) in [7, 11) is 0. The fourth-order valence-electron chi connectivity index (χ4n) is 3.02. The molecule has 0 atom stereocenters. The summed E-state index contributed by atoms with van der Waals surface area (Å²) in [5.74, 6) is 1.03. The lowest BCUT2D eigenvalue weighted by Crippen LogP contribution is -2.40. The molecule has 112 valence electrons. The van der Waals surface area contributed by atoms with Gasteiger partial charge < -0.3 is 10.2 Å². The summed E-state index contributed by atoms with van der Waals surface area (Å²) in [5, 5.41) is 3.27. The van der Waals surface area contributed by atoms with Crippen molar-refractivity contribution in [1.29, 1.82) is 0 Å². The van der Waals surface area contributed by atoms with Crippen LogP contribution >= 0.6 is 0 Å². The SMILES string of the molecule is CCNCc1cnc(N2CCC(CC)(CC)CC2)cn1. The number of piperidine rings is 1. The van der Waals surface area contributed by atoms with Crippen LogP contribution in [-0.4, -0.2) is 29.6 Å². The largest absolute Gasteiger partial charge is 0.355 e. The predicted molar refractivity (Wildman–Crippen MR) is 83.9 cm³/mol. The Morgan fingerprint density at radius 3 is 2.30 bits per heavy atom. The molecule has 0 saturated carbocycles. The van der Waals surface area contributed by atoms with Gasteiger partial charge in [-0.2, -0.15) is 0 Å². The lowest BCUT2D eigenvalue weighted by molar-refractivity contribution is 0.199. The van der Waals surface area contributed by atoms with Gasteiger partial charge in [-0.05, 0) is 24.8 Å². The first-order valence-corrected chi connectivity index (χ1v) is 7.99. The van der Waals surface area contributed by atoms with E-state index in [-0.39, 0.29) is 0 Å². The van der Waals surface area contributed by atoms with Gasteiger partial charge in [0.2, 0.25) is 0 Å². The van der Waals surface area contributed by atoms with Crippen molar-refractivity contribution in [2.24, 2.45) is 5.41 Å². The zero-order chi connectivity index (χ0) is 14.4. The third-order valence-electron chi connectivity index (χ3n) is 4.90. The maximum atomic E-state index is 4.58. The Balaban J connectivity index is 1.93. The summed E-state index contributed by atoms with van der Waals surface area (Å²) in [6, 6.07) is 0. The molecule has 1 aromatic heterocycles. The van der Waals surface area contributed by atoms with E-state index in [0.717, 1.165) is 37.7 Å². The highest BCUT2D eigenvalue weighted by Crippen LogP contribution is 2.38. The summed E-state index contributed by atoms with van der Waals surface area (Å²) in [4.78, 5) is 11.5. The Kier molecular flexibility index (Phi) is 5.35. The first-order valence-electron chi connectivity index (χ1n) is 7.99. The molecule has 0 spiro atoms. The van der Waals surface area contributed by atoms with Crippen LogP contribution in [0.2, 0.25) is 0 Å². The third kappa shape index (κ3) is 3.48. The molecular formula is C16H28N4. The van der Waals surface area contributed by atoms with Gasteiger partial charge in [-0.15, -0.1) is 0 Å². The number of aromatic nitrogens is 2. The van der Waals surface area contributed by atoms with Crippen molar-refractivity contribution in [2.75, 3.05) is 24.5 Å². The number of rotatable bonds is 6. The molecule has 0 bridgehead atoms. The molecule has 2 heterocycles. The molecule has 4 heteroatoms. The Bertz CT molecular complexity index is 387. The molecule has 1 aromatic rings. The van der Waals surface area contributed by atoms with Crippen molar-refractivity contribution in [2.45, 2.75) is 53.0 Å². The van der Waals surface area contributed by atoms with E-state index in [4.69, 9.17) is 0 Å². The fraction of sp³-hybridized carbons (Fsp3) is 0.750. The first kappa shape index (κ1) is 15.2. The van der Waals surface area contributed by atoms with Gasteiger partial charge >= 0.3 is 0 Å². The van der Waals surface area contributed by atoms with Crippen molar-refractivity contribution in [1.82, 2.24) is 15.3 Å². The molecule has 1 N–H and O–H groups in total. The highest BCUT2D eigenvalue weighted by molar-refractivity contribution is 5.36. The number of nitrogens with one attached hydrogen (secondary N) is 1. The molecule has 1 saturated heterocycles. The summed E-state index contributed by atoms with van der Waals surface area (Å²) < 4.78 is 0. The van der Waals surface area contributed by atoms with E-state index in [1.807, 2.05) is 12.4 Å². The molecule has 2 rings (SSSR count). The zero-order valence-corrected chi connectivity index (χ0v) is 13.2. The van der Waals surface area contributed by atoms with Crippen molar-refractivity contribution in [3.63, 3.8) is 0 Å². The van der Waals surface area contributed by atoms with Gasteiger partial charge in [-0.1, -0.05) is 33.6 Å². The Morgan fingerprint density at radius 1 is 1.10 bits per heavy atom. The van der Waals surface area contributed by atoms with Crippen LogP contribution in [0.4, 0.5) is 5.82 Å². The quantitative estimate of drug-likeness (QED) is 0.867. The third-order valence-corrected chi connectivity index (χ3v) is 4.90. The van der Waals surface area contributed by atoms with E-state index in [1.165, 1.54) is 25.7 Å². The van der Waals surface area contributed by atoms with Crippen LogP contribution in [-0.2, 0) is 6.54 Å². The number of anilines is 1. The lowest BCUT2D eigenvalue weighted by Gasteiger charge is -2.41. The minimum atomic E-state index is 0.564. The van der Waals surface area contributed by atoms with Crippen LogP contribution in [0.25, 0.3) is 0 Å². The van der Waals surface area contributed by atoms with Crippen LogP contribution in [0, 0.1) is 5.41 Å². The molecule has 0 unspecified atom stereocenters. The molecule has 0 aliphatic carbocycles. The van der Waals surface area contributed by atoms with E-state index < -0.39 is 0 Å². The monoisotopic (exact) mass is 276 g/mol. The van der Waals surface area contributed by atoms with Crippen molar-refractivity contribution in [3.8, 4) is 0 Å². The van der Waals surface area contributed by atoms with E-state index in [0.29, 0.717) is 5.41 Å². The summed E-state index contributed by atoms with van der Waals surface area (Å²) in [6.07, 6.45) is 8.98. The van der Waals surface area contributed by atoms with Crippen molar-refractivity contribution < 1.29 is 0 Å². The number of hydrogen-bond acceptors (Lipinski definition) is 4. The van der Waals surface area contributed by atoms with Gasteiger partial charge in [0.05, 0.1) is 18.1 Å². The fourth-order valence-corrected chi connectivity index (χ4v) is 3.02.